The molecule has 0 spiro atoms. The van der Waals surface area contributed by atoms with Crippen LogP contribution in [-0.2, 0) is 33.2 Å². The normalized spacial score (nSPS) is 23.6. The summed E-state index contributed by atoms with van der Waals surface area (Å²) in [5.41, 5.74) is 4.28. The number of piperazine rings is 1. The molecule has 2 fully saturated rings. The van der Waals surface area contributed by atoms with Gasteiger partial charge < -0.3 is 5.32 Å². The van der Waals surface area contributed by atoms with Crippen molar-refractivity contribution in [1.29, 1.82) is 0 Å². The first kappa shape index (κ1) is 24.0. The highest BCUT2D eigenvalue weighted by molar-refractivity contribution is 7.89. The molecule has 0 radical (unpaired) electrons. The average molecular weight is 497 g/mol. The highest BCUT2D eigenvalue weighted by atomic mass is 32.2. The molecule has 35 heavy (non-hydrogen) atoms. The minimum Gasteiger partial charge on any atom is -0.319 e. The molecule has 2 heterocycles. The van der Waals surface area contributed by atoms with Gasteiger partial charge in [-0.1, -0.05) is 24.3 Å². The molecule has 1 N–H and O–H groups in total. The van der Waals surface area contributed by atoms with Crippen molar-refractivity contribution in [3.63, 3.8) is 0 Å². The standard InChI is InChI=1S/C26H32N4O4S/c1-18-7-10-23(15-19(18)2)35(33,34)29-13-11-28(12-14-29)17-30-24(31)26(3,27-25(30)32)22-9-8-20-5-4-6-21(20)16-22/h7-10,15-16H,4-6,11-14,17H2,1-3H3,(H,27,32)/t26-/m1/s1. The lowest BCUT2D eigenvalue weighted by Crippen LogP contribution is -2.52. The quantitative estimate of drug-likeness (QED) is 0.643. The first-order valence-electron chi connectivity index (χ1n) is 12.2. The first-order valence-corrected chi connectivity index (χ1v) is 13.6. The van der Waals surface area contributed by atoms with Crippen molar-refractivity contribution in [2.75, 3.05) is 32.8 Å². The lowest BCUT2D eigenvalue weighted by Gasteiger charge is -2.35. The third kappa shape index (κ3) is 4.15. The molecule has 2 aliphatic heterocycles. The largest absolute Gasteiger partial charge is 0.326 e. The maximum absolute atomic E-state index is 13.4. The summed E-state index contributed by atoms with van der Waals surface area (Å²) in [6, 6.07) is 10.8. The van der Waals surface area contributed by atoms with Crippen molar-refractivity contribution in [2.45, 2.75) is 50.5 Å². The van der Waals surface area contributed by atoms with E-state index in [1.165, 1.54) is 20.3 Å². The number of carbonyl (C=O) groups excluding carboxylic acids is 2. The summed E-state index contributed by atoms with van der Waals surface area (Å²) in [6.45, 7) is 7.26. The third-order valence-electron chi connectivity index (χ3n) is 7.74. The van der Waals surface area contributed by atoms with Crippen LogP contribution < -0.4 is 5.32 Å². The number of rotatable bonds is 5. The number of hydrogen-bond donors (Lipinski definition) is 1. The summed E-state index contributed by atoms with van der Waals surface area (Å²) in [5.74, 6) is -0.273. The van der Waals surface area contributed by atoms with Crippen LogP contribution >= 0.6 is 0 Å². The predicted octanol–water partition coefficient (Wildman–Crippen LogP) is 2.52. The van der Waals surface area contributed by atoms with Gasteiger partial charge in [0.1, 0.15) is 5.54 Å². The van der Waals surface area contributed by atoms with Crippen LogP contribution in [-0.4, -0.2) is 67.3 Å². The van der Waals surface area contributed by atoms with E-state index < -0.39 is 21.6 Å². The summed E-state index contributed by atoms with van der Waals surface area (Å²) in [5, 5.41) is 2.90. The summed E-state index contributed by atoms with van der Waals surface area (Å²) in [7, 11) is -3.59. The molecule has 2 aromatic carbocycles. The van der Waals surface area contributed by atoms with Crippen molar-refractivity contribution in [2.24, 2.45) is 0 Å². The van der Waals surface area contributed by atoms with Gasteiger partial charge in [-0.15, -0.1) is 0 Å². The molecule has 1 atom stereocenters. The fourth-order valence-corrected chi connectivity index (χ4v) is 6.75. The molecule has 0 aromatic heterocycles. The number of hydrogen-bond acceptors (Lipinski definition) is 5. The number of aryl methyl sites for hydroxylation is 4. The van der Waals surface area contributed by atoms with Crippen molar-refractivity contribution < 1.29 is 18.0 Å². The predicted molar refractivity (Wildman–Crippen MR) is 132 cm³/mol. The maximum Gasteiger partial charge on any atom is 0.326 e. The molecular weight excluding hydrogens is 464 g/mol. The third-order valence-corrected chi connectivity index (χ3v) is 9.63. The number of nitrogens with zero attached hydrogens (tertiary/aromatic N) is 3. The Bertz CT molecular complexity index is 1300. The van der Waals surface area contributed by atoms with Crippen LogP contribution in [0.2, 0.25) is 0 Å². The monoisotopic (exact) mass is 496 g/mol. The molecule has 9 heteroatoms. The van der Waals surface area contributed by atoms with Crippen LogP contribution in [0.3, 0.4) is 0 Å². The lowest BCUT2D eigenvalue weighted by molar-refractivity contribution is -0.132. The van der Waals surface area contributed by atoms with Crippen molar-refractivity contribution in [3.05, 3.63) is 64.2 Å². The van der Waals surface area contributed by atoms with E-state index in [0.717, 1.165) is 36.0 Å². The summed E-state index contributed by atoms with van der Waals surface area (Å²) in [4.78, 5) is 29.7. The van der Waals surface area contributed by atoms with Crippen molar-refractivity contribution >= 4 is 22.0 Å². The van der Waals surface area contributed by atoms with Crippen molar-refractivity contribution in [1.82, 2.24) is 19.4 Å². The van der Waals surface area contributed by atoms with Gasteiger partial charge in [0, 0.05) is 26.2 Å². The number of imide groups is 1. The van der Waals surface area contributed by atoms with Gasteiger partial charge in [-0.05, 0) is 80.0 Å². The van der Waals surface area contributed by atoms with Crippen molar-refractivity contribution in [3.8, 4) is 0 Å². The summed E-state index contributed by atoms with van der Waals surface area (Å²) >= 11 is 0. The van der Waals surface area contributed by atoms with E-state index in [2.05, 4.69) is 17.4 Å². The van der Waals surface area contributed by atoms with Crippen LogP contribution in [0.15, 0.2) is 41.3 Å². The minimum atomic E-state index is -3.59. The molecule has 3 amide bonds. The number of sulfonamides is 1. The van der Waals surface area contributed by atoms with Gasteiger partial charge in [0.05, 0.1) is 11.6 Å². The highest BCUT2D eigenvalue weighted by Crippen LogP contribution is 2.33. The SMILES string of the molecule is Cc1ccc(S(=O)(=O)N2CCN(CN3C(=O)N[C@](C)(c4ccc5c(c4)CCC5)C3=O)CC2)cc1C. The van der Waals surface area contributed by atoms with Gasteiger partial charge in [0.2, 0.25) is 10.0 Å². The van der Waals surface area contributed by atoms with E-state index in [-0.39, 0.29) is 12.6 Å². The smallest absolute Gasteiger partial charge is 0.319 e. The van der Waals surface area contributed by atoms with Gasteiger partial charge in [-0.25, -0.2) is 18.1 Å². The molecule has 0 saturated carbocycles. The number of benzene rings is 2. The van der Waals surface area contributed by atoms with E-state index in [9.17, 15) is 18.0 Å². The molecule has 186 valence electrons. The lowest BCUT2D eigenvalue weighted by atomic mass is 9.90. The van der Waals surface area contributed by atoms with Gasteiger partial charge >= 0.3 is 6.03 Å². The number of carbonyl (C=O) groups is 2. The Balaban J connectivity index is 1.25. The van der Waals surface area contributed by atoms with Gasteiger partial charge in [-0.3, -0.25) is 9.69 Å². The van der Waals surface area contributed by atoms with E-state index >= 15 is 0 Å². The molecule has 2 saturated heterocycles. The summed E-state index contributed by atoms with van der Waals surface area (Å²) < 4.78 is 27.7. The van der Waals surface area contributed by atoms with Gasteiger partial charge in [0.15, 0.2) is 0 Å². The fraction of sp³-hybridized carbons (Fsp3) is 0.462. The number of amides is 3. The average Bonchev–Trinajstić information content (AvgIpc) is 3.39. The van der Waals surface area contributed by atoms with Crippen LogP contribution in [0.1, 0.15) is 41.2 Å². The minimum absolute atomic E-state index is 0.142. The highest BCUT2D eigenvalue weighted by Gasteiger charge is 2.49. The molecular formula is C26H32N4O4S. The zero-order valence-corrected chi connectivity index (χ0v) is 21.3. The Morgan fingerprint density at radius 3 is 2.34 bits per heavy atom. The van der Waals surface area contributed by atoms with E-state index in [1.807, 2.05) is 30.9 Å². The van der Waals surface area contributed by atoms with E-state index in [1.54, 1.807) is 19.1 Å². The Morgan fingerprint density at radius 2 is 1.63 bits per heavy atom. The van der Waals surface area contributed by atoms with Gasteiger partial charge in [-0.2, -0.15) is 4.31 Å². The Kier molecular flexibility index (Phi) is 5.97. The van der Waals surface area contributed by atoms with E-state index in [0.29, 0.717) is 31.1 Å². The van der Waals surface area contributed by atoms with Crippen LogP contribution in [0, 0.1) is 13.8 Å². The molecule has 8 nitrogen and oxygen atoms in total. The van der Waals surface area contributed by atoms with Crippen LogP contribution in [0.25, 0.3) is 0 Å². The molecule has 0 unspecified atom stereocenters. The molecule has 3 aliphatic rings. The second-order valence-electron chi connectivity index (χ2n) is 10.0. The Labute approximate surface area is 206 Å². The second kappa shape index (κ2) is 8.72. The maximum atomic E-state index is 13.4. The number of nitrogens with one attached hydrogen (secondary N) is 1. The van der Waals surface area contributed by atoms with Crippen LogP contribution in [0.5, 0.6) is 0 Å². The number of urea groups is 1. The molecule has 2 aromatic rings. The number of fused-ring (bicyclic) bond motifs is 1. The molecule has 1 aliphatic carbocycles. The zero-order chi connectivity index (χ0) is 25.0. The van der Waals surface area contributed by atoms with Gasteiger partial charge in [0.25, 0.3) is 5.91 Å². The molecule has 5 rings (SSSR count). The fourth-order valence-electron chi connectivity index (χ4n) is 5.24. The zero-order valence-electron chi connectivity index (χ0n) is 20.5. The van der Waals surface area contributed by atoms with E-state index in [4.69, 9.17) is 0 Å². The topological polar surface area (TPSA) is 90.0 Å². The van der Waals surface area contributed by atoms with Crippen LogP contribution in [0.4, 0.5) is 4.79 Å². The Morgan fingerprint density at radius 1 is 0.914 bits per heavy atom. The first-order chi connectivity index (χ1) is 16.6. The Hall–Kier alpha value is -2.75. The summed E-state index contributed by atoms with van der Waals surface area (Å²) in [6.07, 6.45) is 3.18. The second-order valence-corrected chi connectivity index (χ2v) is 12.0. The molecule has 0 bridgehead atoms.